The number of nitrogens with zero attached hydrogens (tertiary/aromatic N) is 4. The zero-order valence-electron chi connectivity index (χ0n) is 16.8. The number of hydrogen-bond donors (Lipinski definition) is 0. The van der Waals surface area contributed by atoms with Crippen molar-refractivity contribution >= 4 is 39.2 Å². The highest BCUT2D eigenvalue weighted by Crippen LogP contribution is 2.30. The number of anilines is 2. The number of pyridine rings is 1. The molecule has 4 rings (SSSR count). The number of carbonyl (C=O) groups is 2. The minimum absolute atomic E-state index is 0.0368. The van der Waals surface area contributed by atoms with Gasteiger partial charge in [-0.05, 0) is 59.1 Å². The summed E-state index contributed by atoms with van der Waals surface area (Å²) >= 11 is 3.41. The van der Waals surface area contributed by atoms with E-state index < -0.39 is 0 Å². The molecule has 2 aromatic rings. The molecule has 0 bridgehead atoms. The van der Waals surface area contributed by atoms with Crippen molar-refractivity contribution in [1.29, 1.82) is 0 Å². The van der Waals surface area contributed by atoms with Crippen LogP contribution in [0.25, 0.3) is 0 Å². The van der Waals surface area contributed by atoms with Gasteiger partial charge in [0.1, 0.15) is 5.82 Å². The molecule has 0 spiro atoms. The summed E-state index contributed by atoms with van der Waals surface area (Å²) in [5, 5.41) is 0. The van der Waals surface area contributed by atoms with Gasteiger partial charge >= 0.3 is 0 Å². The fourth-order valence-electron chi connectivity index (χ4n) is 4.10. The van der Waals surface area contributed by atoms with Gasteiger partial charge in [-0.15, -0.1) is 0 Å². The first-order valence-corrected chi connectivity index (χ1v) is 10.7. The third-order valence-corrected chi connectivity index (χ3v) is 6.44. The second-order valence-corrected chi connectivity index (χ2v) is 8.69. The van der Waals surface area contributed by atoms with Crippen LogP contribution in [0.3, 0.4) is 0 Å². The first kappa shape index (κ1) is 19.9. The van der Waals surface area contributed by atoms with Gasteiger partial charge in [0.25, 0.3) is 0 Å². The van der Waals surface area contributed by atoms with Gasteiger partial charge in [0.15, 0.2) is 0 Å². The van der Waals surface area contributed by atoms with Gasteiger partial charge in [-0.3, -0.25) is 9.59 Å². The van der Waals surface area contributed by atoms with Gasteiger partial charge < -0.3 is 14.7 Å². The second kappa shape index (κ2) is 8.14. The van der Waals surface area contributed by atoms with Gasteiger partial charge in [-0.25, -0.2) is 4.98 Å². The van der Waals surface area contributed by atoms with Crippen molar-refractivity contribution in [2.24, 2.45) is 5.92 Å². The lowest BCUT2D eigenvalue weighted by atomic mass is 10.1. The Labute approximate surface area is 179 Å². The molecule has 0 radical (unpaired) electrons. The second-order valence-electron chi connectivity index (χ2n) is 7.77. The summed E-state index contributed by atoms with van der Waals surface area (Å²) in [4.78, 5) is 36.0. The van der Waals surface area contributed by atoms with Crippen LogP contribution in [0.1, 0.15) is 17.5 Å². The van der Waals surface area contributed by atoms with Crippen molar-refractivity contribution in [3.8, 4) is 0 Å². The van der Waals surface area contributed by atoms with E-state index in [4.69, 9.17) is 0 Å². The molecule has 2 aliphatic heterocycles. The molecule has 0 N–H and O–H groups in total. The molecule has 0 saturated carbocycles. The van der Waals surface area contributed by atoms with E-state index in [1.54, 1.807) is 11.1 Å². The molecule has 0 aliphatic carbocycles. The Kier molecular flexibility index (Phi) is 5.58. The van der Waals surface area contributed by atoms with Gasteiger partial charge in [0, 0.05) is 55.5 Å². The Morgan fingerprint density at radius 2 is 1.86 bits per heavy atom. The van der Waals surface area contributed by atoms with E-state index in [1.165, 1.54) is 0 Å². The molecule has 1 atom stereocenters. The Morgan fingerprint density at radius 1 is 1.10 bits per heavy atom. The molecule has 2 saturated heterocycles. The van der Waals surface area contributed by atoms with Gasteiger partial charge in [-0.1, -0.05) is 12.1 Å². The molecular formula is C22H25BrN4O2. The summed E-state index contributed by atoms with van der Waals surface area (Å²) in [6.45, 7) is 7.36. The van der Waals surface area contributed by atoms with Crippen LogP contribution in [0.5, 0.6) is 0 Å². The first-order valence-electron chi connectivity index (χ1n) is 9.96. The lowest BCUT2D eigenvalue weighted by molar-refractivity contribution is -0.136. The number of rotatable bonds is 3. The molecule has 2 aliphatic rings. The quantitative estimate of drug-likeness (QED) is 0.711. The topological polar surface area (TPSA) is 56.8 Å². The summed E-state index contributed by atoms with van der Waals surface area (Å²) in [7, 11) is 0. The molecule has 2 amide bonds. The van der Waals surface area contributed by atoms with E-state index in [1.807, 2.05) is 49.1 Å². The summed E-state index contributed by atoms with van der Waals surface area (Å²) in [5.41, 5.74) is 3.18. The SMILES string of the molecule is Cc1cccc(N2CC(C(=O)N3CCN(c4ccc(Br)cn4)CC3)CC2=O)c1C. The first-order chi connectivity index (χ1) is 13.9. The van der Waals surface area contributed by atoms with Crippen molar-refractivity contribution in [3.05, 3.63) is 52.1 Å². The molecule has 1 aromatic carbocycles. The average molecular weight is 457 g/mol. The number of aryl methyl sites for hydroxylation is 1. The van der Waals surface area contributed by atoms with E-state index >= 15 is 0 Å². The summed E-state index contributed by atoms with van der Waals surface area (Å²) in [5.74, 6) is 0.793. The number of piperazine rings is 1. The fraction of sp³-hybridized carbons (Fsp3) is 0.409. The molecule has 29 heavy (non-hydrogen) atoms. The van der Waals surface area contributed by atoms with Crippen LogP contribution in [0.4, 0.5) is 11.5 Å². The average Bonchev–Trinajstić information content (AvgIpc) is 3.12. The van der Waals surface area contributed by atoms with E-state index in [-0.39, 0.29) is 17.7 Å². The smallest absolute Gasteiger partial charge is 0.228 e. The molecule has 1 unspecified atom stereocenters. The van der Waals surface area contributed by atoms with Gasteiger partial charge in [-0.2, -0.15) is 0 Å². The Balaban J connectivity index is 1.39. The van der Waals surface area contributed by atoms with Crippen molar-refractivity contribution in [2.75, 3.05) is 42.5 Å². The minimum atomic E-state index is -0.264. The standard InChI is InChI=1S/C22H25BrN4O2/c1-15-4-3-5-19(16(15)2)27-14-17(12-21(27)28)22(29)26-10-8-25(9-11-26)20-7-6-18(23)13-24-20/h3-7,13,17H,8-12,14H2,1-2H3. The maximum absolute atomic E-state index is 13.1. The molecule has 152 valence electrons. The molecule has 2 fully saturated rings. The van der Waals surface area contributed by atoms with Gasteiger partial charge in [0.05, 0.1) is 5.92 Å². The summed E-state index contributed by atoms with van der Waals surface area (Å²) in [6, 6.07) is 9.94. The number of halogens is 1. The largest absolute Gasteiger partial charge is 0.353 e. The van der Waals surface area contributed by atoms with Crippen LogP contribution in [0, 0.1) is 19.8 Å². The van der Waals surface area contributed by atoms with E-state index in [2.05, 4.69) is 25.8 Å². The number of benzene rings is 1. The van der Waals surface area contributed by atoms with Crippen LogP contribution in [-0.2, 0) is 9.59 Å². The fourth-order valence-corrected chi connectivity index (χ4v) is 4.34. The predicted octanol–water partition coefficient (Wildman–Crippen LogP) is 3.16. The van der Waals surface area contributed by atoms with Crippen molar-refractivity contribution in [2.45, 2.75) is 20.3 Å². The predicted molar refractivity (Wildman–Crippen MR) is 117 cm³/mol. The molecule has 7 heteroatoms. The zero-order chi connectivity index (χ0) is 20.5. The van der Waals surface area contributed by atoms with Crippen molar-refractivity contribution in [1.82, 2.24) is 9.88 Å². The zero-order valence-corrected chi connectivity index (χ0v) is 18.4. The van der Waals surface area contributed by atoms with Gasteiger partial charge in [0.2, 0.25) is 11.8 Å². The summed E-state index contributed by atoms with van der Waals surface area (Å²) in [6.07, 6.45) is 2.08. The third-order valence-electron chi connectivity index (χ3n) is 5.97. The highest BCUT2D eigenvalue weighted by Gasteiger charge is 2.38. The Morgan fingerprint density at radius 3 is 2.55 bits per heavy atom. The number of amides is 2. The van der Waals surface area contributed by atoms with Crippen LogP contribution in [0.2, 0.25) is 0 Å². The maximum Gasteiger partial charge on any atom is 0.228 e. The monoisotopic (exact) mass is 456 g/mol. The lowest BCUT2D eigenvalue weighted by Gasteiger charge is -2.36. The van der Waals surface area contributed by atoms with Crippen LogP contribution >= 0.6 is 15.9 Å². The van der Waals surface area contributed by atoms with Crippen LogP contribution in [-0.4, -0.2) is 54.4 Å². The normalized spacial score (nSPS) is 19.8. The molecule has 6 nitrogen and oxygen atoms in total. The number of carbonyl (C=O) groups excluding carboxylic acids is 2. The molecular weight excluding hydrogens is 432 g/mol. The molecule has 3 heterocycles. The number of hydrogen-bond acceptors (Lipinski definition) is 4. The minimum Gasteiger partial charge on any atom is -0.353 e. The Hall–Kier alpha value is -2.41. The molecule has 1 aromatic heterocycles. The highest BCUT2D eigenvalue weighted by atomic mass is 79.9. The van der Waals surface area contributed by atoms with Crippen LogP contribution in [0.15, 0.2) is 41.0 Å². The van der Waals surface area contributed by atoms with Crippen LogP contribution < -0.4 is 9.80 Å². The van der Waals surface area contributed by atoms with Crippen molar-refractivity contribution in [3.63, 3.8) is 0 Å². The number of aromatic nitrogens is 1. The third kappa shape index (κ3) is 4.01. The summed E-state index contributed by atoms with van der Waals surface area (Å²) < 4.78 is 0.953. The van der Waals surface area contributed by atoms with E-state index in [0.717, 1.165) is 40.2 Å². The maximum atomic E-state index is 13.1. The Bertz CT molecular complexity index is 923. The van der Waals surface area contributed by atoms with Crippen molar-refractivity contribution < 1.29 is 9.59 Å². The van der Waals surface area contributed by atoms with E-state index in [9.17, 15) is 9.59 Å². The van der Waals surface area contributed by atoms with E-state index in [0.29, 0.717) is 26.1 Å². The highest BCUT2D eigenvalue weighted by molar-refractivity contribution is 9.10. The lowest BCUT2D eigenvalue weighted by Crippen LogP contribution is -2.51.